The lowest BCUT2D eigenvalue weighted by Gasteiger charge is -2.12. The van der Waals surface area contributed by atoms with Crippen molar-refractivity contribution in [2.75, 3.05) is 5.32 Å². The zero-order valence-corrected chi connectivity index (χ0v) is 9.76. The molecule has 2 aromatic carbocycles. The zero-order valence-electron chi connectivity index (χ0n) is 8.94. The summed E-state index contributed by atoms with van der Waals surface area (Å²) in [5.74, 6) is 1.05. The summed E-state index contributed by atoms with van der Waals surface area (Å²) in [4.78, 5) is 1.33. The molecule has 2 heteroatoms. The van der Waals surface area contributed by atoms with E-state index < -0.39 is 0 Å². The van der Waals surface area contributed by atoms with E-state index >= 15 is 0 Å². The Kier molecular flexibility index (Phi) is 2.58. The monoisotopic (exact) mass is 227 g/mol. The standard InChI is InChI=1S/C14H13NS/c1-3-11-7-12(4-1)10-16-14-6-2-5-13(8-14)15-9-11/h1-8,15H,9-10H2. The fourth-order valence-corrected chi connectivity index (χ4v) is 2.79. The van der Waals surface area contributed by atoms with Gasteiger partial charge < -0.3 is 5.32 Å². The van der Waals surface area contributed by atoms with Gasteiger partial charge in [-0.25, -0.2) is 0 Å². The second kappa shape index (κ2) is 4.22. The van der Waals surface area contributed by atoms with Gasteiger partial charge in [0, 0.05) is 22.9 Å². The minimum atomic E-state index is 0.905. The maximum absolute atomic E-state index is 3.45. The third-order valence-electron chi connectivity index (χ3n) is 2.73. The third-order valence-corrected chi connectivity index (χ3v) is 3.79. The molecule has 1 N–H and O–H groups in total. The molecule has 0 fully saturated rings. The van der Waals surface area contributed by atoms with Crippen molar-refractivity contribution in [2.24, 2.45) is 0 Å². The molecule has 0 amide bonds. The Bertz CT molecular complexity index is 422. The quantitative estimate of drug-likeness (QED) is 0.732. The van der Waals surface area contributed by atoms with Crippen molar-refractivity contribution in [3.8, 4) is 0 Å². The van der Waals surface area contributed by atoms with Crippen LogP contribution in [0.15, 0.2) is 53.4 Å². The molecule has 4 bridgehead atoms. The summed E-state index contributed by atoms with van der Waals surface area (Å²) in [5.41, 5.74) is 3.96. The number of thioether (sulfide) groups is 1. The van der Waals surface area contributed by atoms with Gasteiger partial charge in [-0.05, 0) is 29.3 Å². The van der Waals surface area contributed by atoms with Gasteiger partial charge in [0.05, 0.1) is 0 Å². The Hall–Kier alpha value is -1.41. The summed E-state index contributed by atoms with van der Waals surface area (Å²) in [6.45, 7) is 0.905. The second-order valence-corrected chi connectivity index (χ2v) is 5.04. The summed E-state index contributed by atoms with van der Waals surface area (Å²) in [7, 11) is 0. The first kappa shape index (κ1) is 9.79. The summed E-state index contributed by atoms with van der Waals surface area (Å²) in [5, 5.41) is 3.45. The van der Waals surface area contributed by atoms with E-state index in [2.05, 4.69) is 53.8 Å². The van der Waals surface area contributed by atoms with E-state index in [4.69, 9.17) is 0 Å². The molecule has 0 saturated carbocycles. The van der Waals surface area contributed by atoms with Crippen molar-refractivity contribution >= 4 is 17.4 Å². The predicted octanol–water partition coefficient (Wildman–Crippen LogP) is 3.90. The van der Waals surface area contributed by atoms with E-state index in [9.17, 15) is 0 Å². The van der Waals surface area contributed by atoms with Crippen LogP contribution in [0.25, 0.3) is 0 Å². The number of anilines is 1. The molecule has 1 nitrogen and oxygen atoms in total. The van der Waals surface area contributed by atoms with Gasteiger partial charge in [0.25, 0.3) is 0 Å². The lowest BCUT2D eigenvalue weighted by Crippen LogP contribution is -2.00. The van der Waals surface area contributed by atoms with Crippen LogP contribution in [0.1, 0.15) is 11.1 Å². The fourth-order valence-electron chi connectivity index (χ4n) is 1.90. The van der Waals surface area contributed by atoms with Gasteiger partial charge in [0.1, 0.15) is 0 Å². The zero-order chi connectivity index (χ0) is 10.8. The van der Waals surface area contributed by atoms with E-state index in [-0.39, 0.29) is 0 Å². The average molecular weight is 227 g/mol. The first-order valence-electron chi connectivity index (χ1n) is 5.45. The van der Waals surface area contributed by atoms with E-state index in [1.54, 1.807) is 0 Å². The summed E-state index contributed by atoms with van der Waals surface area (Å²) in [6.07, 6.45) is 0. The SMILES string of the molecule is c1cc2cc(c1)CSc1cccc(c1)NC2. The van der Waals surface area contributed by atoms with Crippen LogP contribution in [0.5, 0.6) is 0 Å². The minimum Gasteiger partial charge on any atom is -0.381 e. The van der Waals surface area contributed by atoms with Crippen LogP contribution in [0, 0.1) is 0 Å². The molecule has 0 aliphatic carbocycles. The highest BCUT2D eigenvalue weighted by atomic mass is 32.2. The van der Waals surface area contributed by atoms with Gasteiger partial charge in [-0.2, -0.15) is 0 Å². The van der Waals surface area contributed by atoms with Crippen molar-refractivity contribution in [1.82, 2.24) is 0 Å². The smallest absolute Gasteiger partial charge is 0.0400 e. The minimum absolute atomic E-state index is 0.905. The molecule has 1 aliphatic rings. The average Bonchev–Trinajstić information content (AvgIpc) is 2.34. The normalized spacial score (nSPS) is 14.0. The van der Waals surface area contributed by atoms with Gasteiger partial charge in [-0.15, -0.1) is 11.8 Å². The van der Waals surface area contributed by atoms with Gasteiger partial charge in [0.2, 0.25) is 0 Å². The van der Waals surface area contributed by atoms with Crippen molar-refractivity contribution in [3.63, 3.8) is 0 Å². The molecule has 0 spiro atoms. The first-order chi connectivity index (χ1) is 7.90. The van der Waals surface area contributed by atoms with Gasteiger partial charge in [-0.1, -0.05) is 30.3 Å². The Morgan fingerprint density at radius 3 is 2.81 bits per heavy atom. The fraction of sp³-hybridized carbons (Fsp3) is 0.143. The maximum Gasteiger partial charge on any atom is 0.0400 e. The Balaban J connectivity index is 1.98. The first-order valence-corrected chi connectivity index (χ1v) is 6.43. The highest BCUT2D eigenvalue weighted by Gasteiger charge is 2.03. The largest absolute Gasteiger partial charge is 0.381 e. The molecular formula is C14H13NS. The van der Waals surface area contributed by atoms with Crippen molar-refractivity contribution in [1.29, 1.82) is 0 Å². The van der Waals surface area contributed by atoms with Crippen LogP contribution in [0.2, 0.25) is 0 Å². The molecular weight excluding hydrogens is 214 g/mol. The number of rotatable bonds is 0. The predicted molar refractivity (Wildman–Crippen MR) is 69.8 cm³/mol. The third kappa shape index (κ3) is 2.07. The lowest BCUT2D eigenvalue weighted by atomic mass is 10.1. The Labute approximate surface area is 99.9 Å². The molecule has 1 aliphatic heterocycles. The van der Waals surface area contributed by atoms with Crippen molar-refractivity contribution in [3.05, 3.63) is 59.7 Å². The van der Waals surface area contributed by atoms with Crippen molar-refractivity contribution < 1.29 is 0 Å². The topological polar surface area (TPSA) is 12.0 Å². The van der Waals surface area contributed by atoms with Crippen LogP contribution < -0.4 is 5.32 Å². The number of nitrogens with one attached hydrogen (secondary N) is 1. The summed E-state index contributed by atoms with van der Waals surface area (Å²) < 4.78 is 0. The maximum atomic E-state index is 3.45. The van der Waals surface area contributed by atoms with E-state index in [1.807, 2.05) is 11.8 Å². The molecule has 0 unspecified atom stereocenters. The molecule has 2 aromatic rings. The number of benzene rings is 2. The van der Waals surface area contributed by atoms with Crippen LogP contribution >= 0.6 is 11.8 Å². The van der Waals surface area contributed by atoms with Gasteiger partial charge in [0.15, 0.2) is 0 Å². The van der Waals surface area contributed by atoms with E-state index in [1.165, 1.54) is 21.7 Å². The number of hydrogen-bond acceptors (Lipinski definition) is 2. The number of hydrogen-bond donors (Lipinski definition) is 1. The molecule has 16 heavy (non-hydrogen) atoms. The highest BCUT2D eigenvalue weighted by molar-refractivity contribution is 7.98. The van der Waals surface area contributed by atoms with Crippen LogP contribution in [0.4, 0.5) is 5.69 Å². The molecule has 0 aromatic heterocycles. The second-order valence-electron chi connectivity index (χ2n) is 3.99. The molecule has 1 heterocycles. The van der Waals surface area contributed by atoms with E-state index in [0.29, 0.717) is 0 Å². The highest BCUT2D eigenvalue weighted by Crippen LogP contribution is 2.27. The lowest BCUT2D eigenvalue weighted by molar-refractivity contribution is 1.13. The van der Waals surface area contributed by atoms with Crippen LogP contribution in [0.3, 0.4) is 0 Å². The molecule has 80 valence electrons. The van der Waals surface area contributed by atoms with Crippen molar-refractivity contribution in [2.45, 2.75) is 17.2 Å². The number of fused-ring (bicyclic) bond motifs is 4. The molecule has 0 saturated heterocycles. The van der Waals surface area contributed by atoms with Crippen LogP contribution in [-0.2, 0) is 12.3 Å². The molecule has 0 radical (unpaired) electrons. The molecule has 0 atom stereocenters. The van der Waals surface area contributed by atoms with Gasteiger partial charge >= 0.3 is 0 Å². The summed E-state index contributed by atoms with van der Waals surface area (Å²) in [6, 6.07) is 17.4. The Morgan fingerprint density at radius 1 is 0.938 bits per heavy atom. The van der Waals surface area contributed by atoms with Crippen LogP contribution in [-0.4, -0.2) is 0 Å². The molecule has 3 rings (SSSR count). The van der Waals surface area contributed by atoms with Gasteiger partial charge in [-0.3, -0.25) is 0 Å². The Morgan fingerprint density at radius 2 is 1.81 bits per heavy atom. The van der Waals surface area contributed by atoms with E-state index in [0.717, 1.165) is 12.3 Å². The summed E-state index contributed by atoms with van der Waals surface area (Å²) >= 11 is 1.89.